The molecule has 3 fully saturated rings. The number of hydrogen-bond donors (Lipinski definition) is 1. The molecule has 0 amide bonds. The molecule has 2 heterocycles. The predicted molar refractivity (Wildman–Crippen MR) is 156 cm³/mol. The van der Waals surface area contributed by atoms with Crippen molar-refractivity contribution >= 4 is 5.97 Å². The van der Waals surface area contributed by atoms with E-state index in [9.17, 15) is 9.90 Å². The predicted octanol–water partition coefficient (Wildman–Crippen LogP) is 7.68. The Balaban J connectivity index is 1.60. The van der Waals surface area contributed by atoms with Crippen molar-refractivity contribution in [1.29, 1.82) is 0 Å². The molecule has 220 valence electrons. The van der Waals surface area contributed by atoms with Crippen molar-refractivity contribution in [3.63, 3.8) is 0 Å². The number of carbonyl (C=O) groups is 1. The number of fused-ring (bicyclic) bond motifs is 1. The smallest absolute Gasteiger partial charge is 0.316 e. The first-order valence-corrected chi connectivity index (χ1v) is 15.7. The number of carbonyl (C=O) groups excluding carboxylic acids is 1. The molecular formula is C34H54O5. The molecule has 4 rings (SSSR count). The van der Waals surface area contributed by atoms with Crippen molar-refractivity contribution in [2.75, 3.05) is 0 Å². The molecule has 0 aromatic rings. The molecule has 0 aromatic carbocycles. The minimum absolute atomic E-state index is 0.0451. The molecule has 5 heteroatoms. The first-order chi connectivity index (χ1) is 18.4. The lowest BCUT2D eigenvalue weighted by Gasteiger charge is -2.51. The maximum Gasteiger partial charge on any atom is 0.316 e. The quantitative estimate of drug-likeness (QED) is 0.264. The largest absolute Gasteiger partial charge is 0.462 e. The van der Waals surface area contributed by atoms with Crippen LogP contribution in [0.25, 0.3) is 0 Å². The minimum Gasteiger partial charge on any atom is -0.462 e. The Morgan fingerprint density at radius 2 is 1.97 bits per heavy atom. The van der Waals surface area contributed by atoms with Gasteiger partial charge in [-0.15, -0.1) is 0 Å². The van der Waals surface area contributed by atoms with E-state index in [0.717, 1.165) is 50.5 Å². The highest BCUT2D eigenvalue weighted by Gasteiger charge is 2.57. The van der Waals surface area contributed by atoms with Gasteiger partial charge < -0.3 is 19.3 Å². The summed E-state index contributed by atoms with van der Waals surface area (Å²) in [6, 6.07) is 0. The van der Waals surface area contributed by atoms with Crippen molar-refractivity contribution in [2.45, 2.75) is 143 Å². The van der Waals surface area contributed by atoms with E-state index in [2.05, 4.69) is 67.5 Å². The summed E-state index contributed by atoms with van der Waals surface area (Å²) < 4.78 is 20.0. The summed E-state index contributed by atoms with van der Waals surface area (Å²) in [6.45, 7) is 17.3. The van der Waals surface area contributed by atoms with Gasteiger partial charge >= 0.3 is 5.97 Å². The maximum atomic E-state index is 14.0. The molecule has 39 heavy (non-hydrogen) atoms. The van der Waals surface area contributed by atoms with Crippen LogP contribution in [0.4, 0.5) is 0 Å². The molecule has 10 atom stereocenters. The number of rotatable bonds is 7. The van der Waals surface area contributed by atoms with Crippen LogP contribution in [0.1, 0.15) is 113 Å². The van der Waals surface area contributed by atoms with Crippen molar-refractivity contribution in [2.24, 2.45) is 29.6 Å². The van der Waals surface area contributed by atoms with Gasteiger partial charge in [-0.25, -0.2) is 0 Å². The number of allylic oxidation sites excluding steroid dienone is 3. The molecule has 2 aliphatic heterocycles. The molecule has 1 spiro atoms. The Morgan fingerprint density at radius 3 is 2.64 bits per heavy atom. The van der Waals surface area contributed by atoms with Gasteiger partial charge in [-0.3, -0.25) is 4.79 Å². The number of esters is 1. The van der Waals surface area contributed by atoms with Crippen LogP contribution in [0.15, 0.2) is 34.9 Å². The van der Waals surface area contributed by atoms with E-state index in [-0.39, 0.29) is 36.1 Å². The van der Waals surface area contributed by atoms with Crippen molar-refractivity contribution in [3.8, 4) is 0 Å². The lowest BCUT2D eigenvalue weighted by molar-refractivity contribution is -0.340. The van der Waals surface area contributed by atoms with Crippen molar-refractivity contribution in [3.05, 3.63) is 34.9 Å². The van der Waals surface area contributed by atoms with Gasteiger partial charge in [0.1, 0.15) is 17.6 Å². The summed E-state index contributed by atoms with van der Waals surface area (Å²) in [5.41, 5.74) is 2.28. The van der Waals surface area contributed by atoms with Gasteiger partial charge in [-0.1, -0.05) is 70.4 Å². The van der Waals surface area contributed by atoms with E-state index in [1.807, 2.05) is 6.08 Å². The Hall–Kier alpha value is -1.43. The zero-order valence-electron chi connectivity index (χ0n) is 25.8. The summed E-state index contributed by atoms with van der Waals surface area (Å²) in [6.07, 6.45) is 13.6. The second-order valence-corrected chi connectivity index (χ2v) is 13.4. The van der Waals surface area contributed by atoms with E-state index in [4.69, 9.17) is 14.2 Å². The summed E-state index contributed by atoms with van der Waals surface area (Å²) in [4.78, 5) is 14.0. The van der Waals surface area contributed by atoms with Crippen LogP contribution < -0.4 is 0 Å². The summed E-state index contributed by atoms with van der Waals surface area (Å²) >= 11 is 0. The fourth-order valence-electron chi connectivity index (χ4n) is 7.79. The highest BCUT2D eigenvalue weighted by molar-refractivity contribution is 5.78. The highest BCUT2D eigenvalue weighted by atomic mass is 16.7. The molecule has 1 saturated carbocycles. The van der Waals surface area contributed by atoms with Crippen LogP contribution in [-0.2, 0) is 19.0 Å². The first-order valence-electron chi connectivity index (χ1n) is 15.7. The summed E-state index contributed by atoms with van der Waals surface area (Å²) in [5.74, 6) is -0.493. The average molecular weight is 543 g/mol. The van der Waals surface area contributed by atoms with Crippen LogP contribution in [-0.4, -0.2) is 40.8 Å². The van der Waals surface area contributed by atoms with E-state index >= 15 is 0 Å². The van der Waals surface area contributed by atoms with Gasteiger partial charge in [-0.05, 0) is 82.1 Å². The second-order valence-electron chi connectivity index (χ2n) is 13.4. The van der Waals surface area contributed by atoms with E-state index < -0.39 is 17.3 Å². The monoisotopic (exact) mass is 542 g/mol. The Bertz CT molecular complexity index is 972. The number of hydrogen-bond acceptors (Lipinski definition) is 5. The summed E-state index contributed by atoms with van der Waals surface area (Å²) in [7, 11) is 0. The van der Waals surface area contributed by atoms with Crippen LogP contribution >= 0.6 is 0 Å². The second kappa shape index (κ2) is 12.2. The average Bonchev–Trinajstić information content (AvgIpc) is 3.23. The van der Waals surface area contributed by atoms with Gasteiger partial charge in [0.15, 0.2) is 5.79 Å². The van der Waals surface area contributed by atoms with Crippen LogP contribution in [0, 0.1) is 29.6 Å². The molecule has 0 radical (unpaired) electrons. The molecule has 1 N–H and O–H groups in total. The zero-order valence-corrected chi connectivity index (χ0v) is 25.8. The maximum absolute atomic E-state index is 14.0. The fraction of sp³-hybridized carbons (Fsp3) is 0.794. The van der Waals surface area contributed by atoms with Gasteiger partial charge in [0.25, 0.3) is 0 Å². The van der Waals surface area contributed by atoms with Crippen LogP contribution in [0.2, 0.25) is 0 Å². The van der Waals surface area contributed by atoms with E-state index in [1.54, 1.807) is 0 Å². The van der Waals surface area contributed by atoms with Gasteiger partial charge in [-0.2, -0.15) is 0 Å². The van der Waals surface area contributed by atoms with Crippen LogP contribution in [0.5, 0.6) is 0 Å². The third-order valence-corrected chi connectivity index (χ3v) is 10.3. The Kier molecular flexibility index (Phi) is 9.55. The van der Waals surface area contributed by atoms with E-state index in [0.29, 0.717) is 24.7 Å². The molecule has 0 bridgehead atoms. The third-order valence-electron chi connectivity index (χ3n) is 10.3. The Morgan fingerprint density at radius 1 is 1.23 bits per heavy atom. The zero-order chi connectivity index (χ0) is 28.5. The molecule has 0 aromatic heterocycles. The molecule has 4 aliphatic rings. The SMILES string of the molecule is CCC=C1CCC2C(C)C(C)=CC(C(=O)OC3CC(CC=C(C)C)OC4(CC[C@H](C)C([C@@H](C)CC)O4)C3)[C@]12O. The fourth-order valence-corrected chi connectivity index (χ4v) is 7.79. The van der Waals surface area contributed by atoms with Gasteiger partial charge in [0.05, 0.1) is 12.2 Å². The van der Waals surface area contributed by atoms with Crippen molar-refractivity contribution < 1.29 is 24.1 Å². The van der Waals surface area contributed by atoms with Gasteiger partial charge in [0, 0.05) is 19.3 Å². The standard InChI is InChI=1S/C34H54O5/c1-9-11-26-13-15-29-25(8)24(7)18-30(34(26,29)36)32(35)37-28-19-27(14-12-21(3)4)38-33(20-28)17-16-23(6)31(39-33)22(5)10-2/h11-12,18,22-23,25,27-31,36H,9-10,13-17,19-20H2,1-8H3/t22-,23-,25?,27?,28?,29?,30?,31?,33?,34-/m0/s1. The minimum atomic E-state index is -1.16. The van der Waals surface area contributed by atoms with Gasteiger partial charge in [0.2, 0.25) is 0 Å². The molecule has 7 unspecified atom stereocenters. The Labute approximate surface area is 237 Å². The normalized spacial score (nSPS) is 42.1. The first kappa shape index (κ1) is 30.5. The molecule has 2 aliphatic carbocycles. The molecule has 5 nitrogen and oxygen atoms in total. The van der Waals surface area contributed by atoms with Crippen LogP contribution in [0.3, 0.4) is 0 Å². The van der Waals surface area contributed by atoms with E-state index in [1.165, 1.54) is 11.1 Å². The number of aliphatic hydroxyl groups is 1. The highest BCUT2D eigenvalue weighted by Crippen LogP contribution is 2.54. The third kappa shape index (κ3) is 6.11. The summed E-state index contributed by atoms with van der Waals surface area (Å²) in [5, 5.41) is 12.2. The lowest BCUT2D eigenvalue weighted by Crippen LogP contribution is -2.56. The lowest BCUT2D eigenvalue weighted by atomic mass is 9.65. The number of ether oxygens (including phenoxy) is 3. The molecule has 2 saturated heterocycles. The topological polar surface area (TPSA) is 65.0 Å². The van der Waals surface area contributed by atoms with Crippen molar-refractivity contribution in [1.82, 2.24) is 0 Å². The molecular weight excluding hydrogens is 488 g/mol.